The molecule has 0 saturated carbocycles. The number of ether oxygens (including phenoxy) is 1. The van der Waals surface area contributed by atoms with Gasteiger partial charge in [-0.25, -0.2) is 4.79 Å². The molecule has 0 fully saturated rings. The van der Waals surface area contributed by atoms with Crippen molar-refractivity contribution in [2.75, 3.05) is 0 Å². The summed E-state index contributed by atoms with van der Waals surface area (Å²) in [6.45, 7) is 6.19. The van der Waals surface area contributed by atoms with Crippen LogP contribution in [0.25, 0.3) is 0 Å². The van der Waals surface area contributed by atoms with Crippen LogP contribution in [-0.4, -0.2) is 10.5 Å². The van der Waals surface area contributed by atoms with E-state index in [1.165, 1.54) is 0 Å². The zero-order valence-electron chi connectivity index (χ0n) is 9.58. The van der Waals surface area contributed by atoms with Crippen molar-refractivity contribution < 1.29 is 14.6 Å². The molecule has 1 rings (SSSR count). The zero-order chi connectivity index (χ0) is 12.3. The average molecular weight is 243 g/mol. The minimum absolute atomic E-state index is 0.120. The summed E-state index contributed by atoms with van der Waals surface area (Å²) in [5.74, 6) is 0.200. The van der Waals surface area contributed by atoms with Crippen LogP contribution in [0.3, 0.4) is 0 Å². The van der Waals surface area contributed by atoms with Crippen molar-refractivity contribution in [1.82, 2.24) is 0 Å². The highest BCUT2D eigenvalue weighted by Gasteiger charge is 2.19. The van der Waals surface area contributed by atoms with Gasteiger partial charge in [0.2, 0.25) is 0 Å². The van der Waals surface area contributed by atoms with Crippen LogP contribution in [0.15, 0.2) is 18.2 Å². The fourth-order valence-electron chi connectivity index (χ4n) is 1.52. The Morgan fingerprint density at radius 3 is 2.56 bits per heavy atom. The van der Waals surface area contributed by atoms with Gasteiger partial charge >= 0.3 is 5.43 Å². The second-order valence-corrected chi connectivity index (χ2v) is 4.93. The number of halogens is 1. The first-order chi connectivity index (χ1) is 7.30. The molecule has 3 nitrogen and oxygen atoms in total. The number of hydrogen-bond donors (Lipinski definition) is 1. The van der Waals surface area contributed by atoms with E-state index in [2.05, 4.69) is 0 Å². The maximum absolute atomic E-state index is 10.5. The van der Waals surface area contributed by atoms with Crippen LogP contribution in [0.4, 0.5) is 4.79 Å². The molecule has 1 aromatic carbocycles. The largest absolute Gasteiger partial charge is 0.508 e. The van der Waals surface area contributed by atoms with Crippen LogP contribution in [0.5, 0.6) is 5.75 Å². The molecule has 0 unspecified atom stereocenters. The summed E-state index contributed by atoms with van der Waals surface area (Å²) in [7, 11) is 0. The molecule has 0 aliphatic carbocycles. The summed E-state index contributed by atoms with van der Waals surface area (Å²) in [4.78, 5) is 10.5. The van der Waals surface area contributed by atoms with Gasteiger partial charge in [0.15, 0.2) is 0 Å². The van der Waals surface area contributed by atoms with Crippen LogP contribution < -0.4 is 0 Å². The standard InChI is InChI=1S/C12H15ClO3/c1-12(2,3)10-6-9(14)5-4-8(10)7-16-11(13)15/h4-6,14H,7H2,1-3H3. The summed E-state index contributed by atoms with van der Waals surface area (Å²) in [6.07, 6.45) is 0. The molecule has 0 atom stereocenters. The lowest BCUT2D eigenvalue weighted by molar-refractivity contribution is 0.166. The Kier molecular flexibility index (Phi) is 3.81. The molecule has 0 spiro atoms. The average Bonchev–Trinajstić information content (AvgIpc) is 2.14. The van der Waals surface area contributed by atoms with E-state index in [1.54, 1.807) is 18.2 Å². The molecule has 16 heavy (non-hydrogen) atoms. The highest BCUT2D eigenvalue weighted by Crippen LogP contribution is 2.29. The SMILES string of the molecule is CC(C)(C)c1cc(O)ccc1COC(=O)Cl. The van der Waals surface area contributed by atoms with Crippen molar-refractivity contribution in [2.24, 2.45) is 0 Å². The van der Waals surface area contributed by atoms with Gasteiger partial charge in [0.25, 0.3) is 0 Å². The first-order valence-electron chi connectivity index (χ1n) is 4.95. The van der Waals surface area contributed by atoms with E-state index in [1.807, 2.05) is 20.8 Å². The van der Waals surface area contributed by atoms with Crippen LogP contribution in [-0.2, 0) is 16.8 Å². The minimum atomic E-state index is -0.826. The van der Waals surface area contributed by atoms with Gasteiger partial charge in [-0.15, -0.1) is 0 Å². The highest BCUT2D eigenvalue weighted by molar-refractivity contribution is 6.61. The van der Waals surface area contributed by atoms with E-state index < -0.39 is 5.43 Å². The molecule has 88 valence electrons. The number of carbonyl (C=O) groups is 1. The fraction of sp³-hybridized carbons (Fsp3) is 0.417. The third-order valence-corrected chi connectivity index (χ3v) is 2.35. The molecular formula is C12H15ClO3. The van der Waals surface area contributed by atoms with Gasteiger partial charge in [-0.2, -0.15) is 0 Å². The summed E-state index contributed by atoms with van der Waals surface area (Å²) in [5.41, 5.74) is 0.824. The van der Waals surface area contributed by atoms with Crippen molar-refractivity contribution in [3.05, 3.63) is 29.3 Å². The topological polar surface area (TPSA) is 46.5 Å². The molecule has 0 saturated heterocycles. The Morgan fingerprint density at radius 2 is 2.06 bits per heavy atom. The Labute approximate surface area is 100.0 Å². The van der Waals surface area contributed by atoms with Gasteiger partial charge < -0.3 is 9.84 Å². The van der Waals surface area contributed by atoms with E-state index in [4.69, 9.17) is 16.3 Å². The summed E-state index contributed by atoms with van der Waals surface area (Å²) in [5, 5.41) is 9.44. The Bertz CT molecular complexity index is 394. The third-order valence-electron chi connectivity index (χ3n) is 2.24. The lowest BCUT2D eigenvalue weighted by atomic mass is 9.84. The van der Waals surface area contributed by atoms with E-state index in [0.717, 1.165) is 11.1 Å². The van der Waals surface area contributed by atoms with Crippen molar-refractivity contribution >= 4 is 17.0 Å². The van der Waals surface area contributed by atoms with Crippen LogP contribution in [0.1, 0.15) is 31.9 Å². The number of benzene rings is 1. The maximum Gasteiger partial charge on any atom is 0.404 e. The number of phenols is 1. The first kappa shape index (κ1) is 12.8. The van der Waals surface area contributed by atoms with E-state index >= 15 is 0 Å². The molecule has 1 N–H and O–H groups in total. The minimum Gasteiger partial charge on any atom is -0.508 e. The number of carbonyl (C=O) groups excluding carboxylic acids is 1. The zero-order valence-corrected chi connectivity index (χ0v) is 10.3. The molecule has 1 aromatic rings. The van der Waals surface area contributed by atoms with Crippen LogP contribution >= 0.6 is 11.6 Å². The molecule has 0 heterocycles. The van der Waals surface area contributed by atoms with Crippen molar-refractivity contribution in [3.63, 3.8) is 0 Å². The molecule has 0 aliphatic heterocycles. The maximum atomic E-state index is 10.5. The molecule has 0 amide bonds. The molecule has 0 bridgehead atoms. The van der Waals surface area contributed by atoms with Gasteiger partial charge in [-0.3, -0.25) is 0 Å². The Hall–Kier alpha value is -1.22. The lowest BCUT2D eigenvalue weighted by Crippen LogP contribution is -2.15. The lowest BCUT2D eigenvalue weighted by Gasteiger charge is -2.22. The monoisotopic (exact) mass is 242 g/mol. The second kappa shape index (κ2) is 4.74. The van der Waals surface area contributed by atoms with Gasteiger partial charge in [0.05, 0.1) is 0 Å². The quantitative estimate of drug-likeness (QED) is 0.807. The fourth-order valence-corrected chi connectivity index (χ4v) is 1.58. The summed E-state index contributed by atoms with van der Waals surface area (Å²) >= 11 is 5.12. The number of rotatable bonds is 2. The number of hydrogen-bond acceptors (Lipinski definition) is 3. The Morgan fingerprint density at radius 1 is 1.44 bits per heavy atom. The van der Waals surface area contributed by atoms with E-state index in [0.29, 0.717) is 0 Å². The van der Waals surface area contributed by atoms with E-state index in [-0.39, 0.29) is 17.8 Å². The normalized spacial score (nSPS) is 11.2. The Balaban J connectivity index is 3.03. The highest BCUT2D eigenvalue weighted by atomic mass is 35.5. The van der Waals surface area contributed by atoms with Gasteiger partial charge in [-0.1, -0.05) is 26.8 Å². The van der Waals surface area contributed by atoms with Gasteiger partial charge in [-0.05, 0) is 28.7 Å². The molecule has 4 heteroatoms. The molecule has 0 radical (unpaired) electrons. The van der Waals surface area contributed by atoms with Crippen molar-refractivity contribution in [3.8, 4) is 5.75 Å². The smallest absolute Gasteiger partial charge is 0.404 e. The first-order valence-corrected chi connectivity index (χ1v) is 5.33. The van der Waals surface area contributed by atoms with Gasteiger partial charge in [0.1, 0.15) is 12.4 Å². The van der Waals surface area contributed by atoms with Gasteiger partial charge in [0, 0.05) is 11.6 Å². The second-order valence-electron chi connectivity index (χ2n) is 4.62. The summed E-state index contributed by atoms with van der Waals surface area (Å²) < 4.78 is 4.75. The summed E-state index contributed by atoms with van der Waals surface area (Å²) in [6, 6.07) is 4.97. The predicted molar refractivity (Wildman–Crippen MR) is 62.8 cm³/mol. The van der Waals surface area contributed by atoms with Crippen LogP contribution in [0.2, 0.25) is 0 Å². The number of phenolic OH excluding ortho intramolecular Hbond substituents is 1. The molecular weight excluding hydrogens is 228 g/mol. The van der Waals surface area contributed by atoms with Crippen molar-refractivity contribution in [2.45, 2.75) is 32.8 Å². The third kappa shape index (κ3) is 3.42. The molecule has 0 aliphatic rings. The van der Waals surface area contributed by atoms with Crippen molar-refractivity contribution in [1.29, 1.82) is 0 Å². The van der Waals surface area contributed by atoms with Crippen LogP contribution in [0, 0.1) is 0 Å². The number of aromatic hydroxyl groups is 1. The molecule has 0 aromatic heterocycles. The predicted octanol–water partition coefficient (Wildman–Crippen LogP) is 3.57. The van der Waals surface area contributed by atoms with E-state index in [9.17, 15) is 9.90 Å².